The van der Waals surface area contributed by atoms with Crippen LogP contribution in [0.1, 0.15) is 36.8 Å². The van der Waals surface area contributed by atoms with E-state index in [1.807, 2.05) is 20.8 Å². The summed E-state index contributed by atoms with van der Waals surface area (Å²) >= 11 is 0. The average Bonchev–Trinajstić information content (AvgIpc) is 1.99. The van der Waals surface area contributed by atoms with Gasteiger partial charge in [0.05, 0.1) is 11.3 Å². The standard InChI is InChI=1S/C10H14N2O3/c1-6-7(8(13)14)5-11-9(12-6)15-10(2,3)4/h5H,1-4H3,(H,13,14). The zero-order valence-electron chi connectivity index (χ0n) is 9.24. The fourth-order valence-corrected chi connectivity index (χ4v) is 0.979. The second kappa shape index (κ2) is 3.84. The number of ether oxygens (including phenoxy) is 1. The van der Waals surface area contributed by atoms with Gasteiger partial charge in [0.1, 0.15) is 5.60 Å². The molecule has 82 valence electrons. The van der Waals surface area contributed by atoms with Crippen molar-refractivity contribution in [1.82, 2.24) is 9.97 Å². The van der Waals surface area contributed by atoms with Gasteiger partial charge in [0.2, 0.25) is 0 Å². The van der Waals surface area contributed by atoms with E-state index in [-0.39, 0.29) is 11.6 Å². The van der Waals surface area contributed by atoms with Crippen LogP contribution in [0.4, 0.5) is 0 Å². The Morgan fingerprint density at radius 3 is 2.47 bits per heavy atom. The van der Waals surface area contributed by atoms with Crippen molar-refractivity contribution < 1.29 is 14.6 Å². The second-order valence-corrected chi connectivity index (χ2v) is 4.17. The molecule has 0 atom stereocenters. The summed E-state index contributed by atoms with van der Waals surface area (Å²) < 4.78 is 5.40. The number of carboxylic acids is 1. The lowest BCUT2D eigenvalue weighted by molar-refractivity contribution is 0.0694. The summed E-state index contributed by atoms with van der Waals surface area (Å²) in [5.41, 5.74) is 0.102. The lowest BCUT2D eigenvalue weighted by Crippen LogP contribution is -2.24. The molecule has 0 amide bonds. The normalized spacial score (nSPS) is 11.2. The molecule has 0 aliphatic heterocycles. The van der Waals surface area contributed by atoms with Gasteiger partial charge in [-0.1, -0.05) is 0 Å². The van der Waals surface area contributed by atoms with Crippen molar-refractivity contribution >= 4 is 5.97 Å². The number of carboxylic acid groups (broad SMARTS) is 1. The molecule has 1 aromatic rings. The highest BCUT2D eigenvalue weighted by Gasteiger charge is 2.16. The fourth-order valence-electron chi connectivity index (χ4n) is 0.979. The molecular formula is C10H14N2O3. The highest BCUT2D eigenvalue weighted by Crippen LogP contribution is 2.14. The minimum Gasteiger partial charge on any atom is -0.478 e. The minimum absolute atomic E-state index is 0.0938. The molecule has 0 saturated heterocycles. The average molecular weight is 210 g/mol. The van der Waals surface area contributed by atoms with Crippen LogP contribution in [-0.2, 0) is 0 Å². The number of rotatable bonds is 2. The Balaban J connectivity index is 2.97. The van der Waals surface area contributed by atoms with E-state index in [4.69, 9.17) is 9.84 Å². The lowest BCUT2D eigenvalue weighted by Gasteiger charge is -2.19. The number of aromatic carboxylic acids is 1. The smallest absolute Gasteiger partial charge is 0.339 e. The summed E-state index contributed by atoms with van der Waals surface area (Å²) in [6.07, 6.45) is 1.26. The predicted octanol–water partition coefficient (Wildman–Crippen LogP) is 1.66. The first kappa shape index (κ1) is 11.4. The molecule has 1 N–H and O–H groups in total. The zero-order chi connectivity index (χ0) is 11.6. The van der Waals surface area contributed by atoms with E-state index in [0.717, 1.165) is 0 Å². The maximum atomic E-state index is 10.7. The molecule has 0 fully saturated rings. The Bertz CT molecular complexity index is 383. The summed E-state index contributed by atoms with van der Waals surface area (Å²) in [4.78, 5) is 18.5. The predicted molar refractivity (Wildman–Crippen MR) is 54.1 cm³/mol. The Hall–Kier alpha value is -1.65. The van der Waals surface area contributed by atoms with Crippen LogP contribution < -0.4 is 4.74 Å². The summed E-state index contributed by atoms with van der Waals surface area (Å²) in [6, 6.07) is 0.199. The molecule has 1 rings (SSSR count). The second-order valence-electron chi connectivity index (χ2n) is 4.17. The summed E-state index contributed by atoms with van der Waals surface area (Å²) in [5, 5.41) is 8.77. The Kier molecular flexibility index (Phi) is 2.93. The van der Waals surface area contributed by atoms with Gasteiger partial charge in [-0.25, -0.2) is 9.78 Å². The first-order valence-corrected chi connectivity index (χ1v) is 4.55. The molecule has 15 heavy (non-hydrogen) atoms. The highest BCUT2D eigenvalue weighted by atomic mass is 16.5. The Morgan fingerprint density at radius 1 is 1.47 bits per heavy atom. The van der Waals surface area contributed by atoms with Gasteiger partial charge < -0.3 is 9.84 Å². The number of carbonyl (C=O) groups is 1. The lowest BCUT2D eigenvalue weighted by atomic mass is 10.2. The van der Waals surface area contributed by atoms with Crippen molar-refractivity contribution in [2.45, 2.75) is 33.3 Å². The van der Waals surface area contributed by atoms with Crippen LogP contribution in [0, 0.1) is 6.92 Å². The van der Waals surface area contributed by atoms with Crippen molar-refractivity contribution in [2.24, 2.45) is 0 Å². The first-order valence-electron chi connectivity index (χ1n) is 4.55. The summed E-state index contributed by atoms with van der Waals surface area (Å²) in [6.45, 7) is 7.23. The van der Waals surface area contributed by atoms with E-state index < -0.39 is 11.6 Å². The third-order valence-electron chi connectivity index (χ3n) is 1.59. The van der Waals surface area contributed by atoms with Gasteiger partial charge in [0.25, 0.3) is 0 Å². The van der Waals surface area contributed by atoms with Crippen LogP contribution in [0.15, 0.2) is 6.20 Å². The third kappa shape index (κ3) is 3.19. The maximum Gasteiger partial charge on any atom is 0.339 e. The molecule has 0 aliphatic rings. The molecule has 0 aliphatic carbocycles. The minimum atomic E-state index is -1.03. The van der Waals surface area contributed by atoms with Crippen LogP contribution in [-0.4, -0.2) is 26.6 Å². The molecule has 1 aromatic heterocycles. The van der Waals surface area contributed by atoms with E-state index in [1.165, 1.54) is 6.20 Å². The van der Waals surface area contributed by atoms with Gasteiger partial charge in [0.15, 0.2) is 0 Å². The largest absolute Gasteiger partial charge is 0.478 e. The van der Waals surface area contributed by atoms with Crippen molar-refractivity contribution in [3.63, 3.8) is 0 Å². The number of nitrogens with zero attached hydrogens (tertiary/aromatic N) is 2. The Labute approximate surface area is 88.1 Å². The molecule has 0 spiro atoms. The van der Waals surface area contributed by atoms with E-state index >= 15 is 0 Å². The molecule has 0 unspecified atom stereocenters. The van der Waals surface area contributed by atoms with Gasteiger partial charge in [-0.2, -0.15) is 4.98 Å². The molecule has 5 heteroatoms. The van der Waals surface area contributed by atoms with Crippen molar-refractivity contribution in [1.29, 1.82) is 0 Å². The quantitative estimate of drug-likeness (QED) is 0.803. The van der Waals surface area contributed by atoms with Gasteiger partial charge in [-0.05, 0) is 27.7 Å². The molecule has 5 nitrogen and oxygen atoms in total. The highest BCUT2D eigenvalue weighted by molar-refractivity contribution is 5.88. The molecule has 0 saturated carbocycles. The van der Waals surface area contributed by atoms with E-state index in [2.05, 4.69) is 9.97 Å². The van der Waals surface area contributed by atoms with Crippen molar-refractivity contribution in [3.05, 3.63) is 17.5 Å². The van der Waals surface area contributed by atoms with Crippen LogP contribution in [0.25, 0.3) is 0 Å². The molecule has 0 bridgehead atoms. The third-order valence-corrected chi connectivity index (χ3v) is 1.59. The summed E-state index contributed by atoms with van der Waals surface area (Å²) in [5.74, 6) is -1.03. The fraction of sp³-hybridized carbons (Fsp3) is 0.500. The first-order chi connectivity index (χ1) is 6.79. The van der Waals surface area contributed by atoms with E-state index in [1.54, 1.807) is 6.92 Å². The maximum absolute atomic E-state index is 10.7. The van der Waals surface area contributed by atoms with Crippen LogP contribution in [0.2, 0.25) is 0 Å². The van der Waals surface area contributed by atoms with Crippen LogP contribution in [0.3, 0.4) is 0 Å². The van der Waals surface area contributed by atoms with Gasteiger partial charge in [-0.3, -0.25) is 0 Å². The zero-order valence-corrected chi connectivity index (χ0v) is 9.24. The monoisotopic (exact) mass is 210 g/mol. The van der Waals surface area contributed by atoms with E-state index in [9.17, 15) is 4.79 Å². The topological polar surface area (TPSA) is 72.3 Å². The van der Waals surface area contributed by atoms with Crippen molar-refractivity contribution in [2.75, 3.05) is 0 Å². The Morgan fingerprint density at radius 2 is 2.07 bits per heavy atom. The molecule has 0 radical (unpaired) electrons. The molecule has 0 aromatic carbocycles. The number of aryl methyl sites for hydroxylation is 1. The van der Waals surface area contributed by atoms with Gasteiger partial charge in [-0.15, -0.1) is 0 Å². The SMILES string of the molecule is Cc1nc(OC(C)(C)C)ncc1C(=O)O. The summed E-state index contributed by atoms with van der Waals surface area (Å²) in [7, 11) is 0. The van der Waals surface area contributed by atoms with E-state index in [0.29, 0.717) is 5.69 Å². The van der Waals surface area contributed by atoms with Gasteiger partial charge >= 0.3 is 12.0 Å². The number of hydrogen-bond acceptors (Lipinski definition) is 4. The van der Waals surface area contributed by atoms with Crippen LogP contribution in [0.5, 0.6) is 6.01 Å². The molecule has 1 heterocycles. The number of hydrogen-bond donors (Lipinski definition) is 1. The van der Waals surface area contributed by atoms with Gasteiger partial charge in [0, 0.05) is 6.20 Å². The number of aromatic nitrogens is 2. The van der Waals surface area contributed by atoms with Crippen molar-refractivity contribution in [3.8, 4) is 6.01 Å². The molecular weight excluding hydrogens is 196 g/mol. The van der Waals surface area contributed by atoms with Crippen LogP contribution >= 0.6 is 0 Å².